The number of benzene rings is 2. The number of amides is 1. The zero-order valence-corrected chi connectivity index (χ0v) is 16.4. The van der Waals surface area contributed by atoms with Crippen molar-refractivity contribution in [2.75, 3.05) is 14.2 Å². The van der Waals surface area contributed by atoms with Crippen LogP contribution in [-0.2, 0) is 0 Å². The summed E-state index contributed by atoms with van der Waals surface area (Å²) in [5.74, 6) is 0.289. The van der Waals surface area contributed by atoms with Gasteiger partial charge in [0.05, 0.1) is 26.0 Å². The Morgan fingerprint density at radius 1 is 0.967 bits per heavy atom. The van der Waals surface area contributed by atoms with E-state index in [1.807, 2.05) is 0 Å². The molecule has 0 saturated carbocycles. The topological polar surface area (TPSA) is 99.1 Å². The number of carbonyl (C=O) groups is 2. The molecule has 0 saturated heterocycles. The zero-order valence-electron chi connectivity index (χ0n) is 16.4. The van der Waals surface area contributed by atoms with Gasteiger partial charge in [-0.3, -0.25) is 9.78 Å². The molecule has 0 aliphatic carbocycles. The molecule has 1 amide bonds. The molecule has 0 bridgehead atoms. The van der Waals surface area contributed by atoms with Crippen LogP contribution in [0.15, 0.2) is 72.0 Å². The third-order valence-electron chi connectivity index (χ3n) is 3.99. The first-order valence-electron chi connectivity index (χ1n) is 8.89. The quantitative estimate of drug-likeness (QED) is 0.281. The van der Waals surface area contributed by atoms with Gasteiger partial charge in [0.2, 0.25) is 0 Å². The first kappa shape index (κ1) is 20.5. The highest BCUT2D eigenvalue weighted by molar-refractivity contribution is 5.93. The van der Waals surface area contributed by atoms with Crippen LogP contribution in [-0.4, -0.2) is 37.3 Å². The van der Waals surface area contributed by atoms with Crippen molar-refractivity contribution in [2.24, 2.45) is 5.10 Å². The average Bonchev–Trinajstić information content (AvgIpc) is 2.80. The molecule has 152 valence electrons. The minimum Gasteiger partial charge on any atom is -0.497 e. The smallest absolute Gasteiger partial charge is 0.343 e. The summed E-state index contributed by atoms with van der Waals surface area (Å²) in [5.41, 5.74) is 3.66. The van der Waals surface area contributed by atoms with E-state index in [1.54, 1.807) is 67.8 Å². The summed E-state index contributed by atoms with van der Waals surface area (Å²) in [6, 6.07) is 16.5. The maximum Gasteiger partial charge on any atom is 0.343 e. The number of aromatic nitrogens is 1. The van der Waals surface area contributed by atoms with Crippen LogP contribution in [0, 0.1) is 0 Å². The van der Waals surface area contributed by atoms with Gasteiger partial charge in [0.25, 0.3) is 5.91 Å². The van der Waals surface area contributed by atoms with Crippen LogP contribution in [0.4, 0.5) is 0 Å². The third kappa shape index (κ3) is 5.20. The SMILES string of the molecule is COc1ccc(C(=O)Oc2ccc(/C=N\NC(=O)c3ccccn3)cc2OC)cc1. The Labute approximate surface area is 173 Å². The fourth-order valence-corrected chi connectivity index (χ4v) is 2.45. The molecule has 0 unspecified atom stereocenters. The molecule has 30 heavy (non-hydrogen) atoms. The standard InChI is InChI=1S/C22H19N3O5/c1-28-17-9-7-16(8-10-17)22(27)30-19-11-6-15(13-20(19)29-2)14-24-25-21(26)18-5-3-4-12-23-18/h3-14H,1-2H3,(H,25,26)/b24-14-. The minimum atomic E-state index is -0.528. The molecule has 0 fully saturated rings. The predicted octanol–water partition coefficient (Wildman–Crippen LogP) is 3.08. The van der Waals surface area contributed by atoms with Gasteiger partial charge in [0.1, 0.15) is 11.4 Å². The largest absolute Gasteiger partial charge is 0.497 e. The number of esters is 1. The van der Waals surface area contributed by atoms with Crippen molar-refractivity contribution in [2.45, 2.75) is 0 Å². The van der Waals surface area contributed by atoms with Gasteiger partial charge in [-0.2, -0.15) is 5.10 Å². The van der Waals surface area contributed by atoms with Crippen LogP contribution in [0.5, 0.6) is 17.2 Å². The molecule has 8 nitrogen and oxygen atoms in total. The summed E-state index contributed by atoms with van der Waals surface area (Å²) in [6.45, 7) is 0. The number of nitrogens with zero attached hydrogens (tertiary/aromatic N) is 2. The van der Waals surface area contributed by atoms with Crippen LogP contribution in [0.2, 0.25) is 0 Å². The second-order valence-electron chi connectivity index (χ2n) is 5.94. The summed E-state index contributed by atoms with van der Waals surface area (Å²) in [5, 5.41) is 3.91. The van der Waals surface area contributed by atoms with Crippen LogP contribution in [0.1, 0.15) is 26.4 Å². The van der Waals surface area contributed by atoms with Gasteiger partial charge in [-0.15, -0.1) is 0 Å². The van der Waals surface area contributed by atoms with Gasteiger partial charge in [-0.25, -0.2) is 10.2 Å². The molecule has 3 rings (SSSR count). The molecule has 0 aliphatic heterocycles. The Kier molecular flexibility index (Phi) is 6.73. The van der Waals surface area contributed by atoms with E-state index in [0.717, 1.165) is 0 Å². The number of hydrogen-bond acceptors (Lipinski definition) is 7. The fourth-order valence-electron chi connectivity index (χ4n) is 2.45. The van der Waals surface area contributed by atoms with Crippen LogP contribution >= 0.6 is 0 Å². The van der Waals surface area contributed by atoms with Crippen molar-refractivity contribution >= 4 is 18.1 Å². The highest BCUT2D eigenvalue weighted by Gasteiger charge is 2.13. The molecule has 1 aromatic heterocycles. The van der Waals surface area contributed by atoms with Gasteiger partial charge in [0.15, 0.2) is 11.5 Å². The summed E-state index contributed by atoms with van der Waals surface area (Å²) in [7, 11) is 3.01. The number of hydrazone groups is 1. The van der Waals surface area contributed by atoms with Crippen LogP contribution < -0.4 is 19.6 Å². The number of ether oxygens (including phenoxy) is 3. The zero-order chi connectivity index (χ0) is 21.3. The maximum absolute atomic E-state index is 12.4. The van der Waals surface area contributed by atoms with E-state index < -0.39 is 11.9 Å². The predicted molar refractivity (Wildman–Crippen MR) is 110 cm³/mol. The molecule has 3 aromatic rings. The van der Waals surface area contributed by atoms with Gasteiger partial charge < -0.3 is 14.2 Å². The molecule has 0 atom stereocenters. The molecule has 0 spiro atoms. The van der Waals surface area contributed by atoms with E-state index in [2.05, 4.69) is 15.5 Å². The first-order valence-corrected chi connectivity index (χ1v) is 8.89. The van der Waals surface area contributed by atoms with E-state index in [9.17, 15) is 9.59 Å². The fraction of sp³-hybridized carbons (Fsp3) is 0.0909. The highest BCUT2D eigenvalue weighted by Crippen LogP contribution is 2.28. The molecular weight excluding hydrogens is 386 g/mol. The highest BCUT2D eigenvalue weighted by atomic mass is 16.6. The summed E-state index contributed by atoms with van der Waals surface area (Å²) in [6.07, 6.45) is 2.97. The van der Waals surface area contributed by atoms with Crippen LogP contribution in [0.3, 0.4) is 0 Å². The monoisotopic (exact) mass is 405 g/mol. The van der Waals surface area contributed by atoms with Crippen molar-refractivity contribution in [3.63, 3.8) is 0 Å². The summed E-state index contributed by atoms with van der Waals surface area (Å²) < 4.78 is 15.8. The lowest BCUT2D eigenvalue weighted by molar-refractivity contribution is 0.0729. The number of hydrogen-bond donors (Lipinski definition) is 1. The maximum atomic E-state index is 12.4. The van der Waals surface area contributed by atoms with Crippen molar-refractivity contribution in [3.05, 3.63) is 83.7 Å². The average molecular weight is 405 g/mol. The molecule has 0 radical (unpaired) electrons. The molecule has 1 heterocycles. The van der Waals surface area contributed by atoms with Crippen molar-refractivity contribution in [3.8, 4) is 17.2 Å². The Morgan fingerprint density at radius 2 is 1.77 bits per heavy atom. The lowest BCUT2D eigenvalue weighted by Crippen LogP contribution is -2.18. The Bertz CT molecular complexity index is 1050. The van der Waals surface area contributed by atoms with Gasteiger partial charge in [-0.1, -0.05) is 6.07 Å². The molecule has 2 aromatic carbocycles. The summed E-state index contributed by atoms with van der Waals surface area (Å²) in [4.78, 5) is 28.2. The van der Waals surface area contributed by atoms with Gasteiger partial charge in [0, 0.05) is 6.20 Å². The Balaban J connectivity index is 1.66. The minimum absolute atomic E-state index is 0.257. The Morgan fingerprint density at radius 3 is 2.43 bits per heavy atom. The second-order valence-corrected chi connectivity index (χ2v) is 5.94. The number of rotatable bonds is 7. The number of carbonyl (C=O) groups excluding carboxylic acids is 2. The second kappa shape index (κ2) is 9.83. The van der Waals surface area contributed by atoms with Gasteiger partial charge in [-0.05, 0) is 60.2 Å². The van der Waals surface area contributed by atoms with E-state index >= 15 is 0 Å². The normalized spacial score (nSPS) is 10.5. The number of methoxy groups -OCH3 is 2. The van der Waals surface area contributed by atoms with Crippen molar-refractivity contribution in [1.29, 1.82) is 0 Å². The number of pyridine rings is 1. The molecule has 0 aliphatic rings. The van der Waals surface area contributed by atoms with E-state index in [-0.39, 0.29) is 11.4 Å². The Hall–Kier alpha value is -4.20. The van der Waals surface area contributed by atoms with E-state index in [0.29, 0.717) is 22.6 Å². The third-order valence-corrected chi connectivity index (χ3v) is 3.99. The van der Waals surface area contributed by atoms with Crippen molar-refractivity contribution < 1.29 is 23.8 Å². The molecule has 8 heteroatoms. The van der Waals surface area contributed by atoms with Crippen molar-refractivity contribution in [1.82, 2.24) is 10.4 Å². The molecular formula is C22H19N3O5. The lowest BCUT2D eigenvalue weighted by Gasteiger charge is -2.10. The van der Waals surface area contributed by atoms with Gasteiger partial charge >= 0.3 is 5.97 Å². The van der Waals surface area contributed by atoms with E-state index in [4.69, 9.17) is 14.2 Å². The first-order chi connectivity index (χ1) is 14.6. The molecule has 1 N–H and O–H groups in total. The van der Waals surface area contributed by atoms with E-state index in [1.165, 1.54) is 19.5 Å². The number of nitrogens with one attached hydrogen (secondary N) is 1. The van der Waals surface area contributed by atoms with Crippen LogP contribution in [0.25, 0.3) is 0 Å². The lowest BCUT2D eigenvalue weighted by atomic mass is 10.2. The summed E-state index contributed by atoms with van der Waals surface area (Å²) >= 11 is 0.